The molecule has 0 spiro atoms. The Morgan fingerprint density at radius 2 is 2.35 bits per heavy atom. The van der Waals surface area contributed by atoms with Crippen LogP contribution in [0.5, 0.6) is 5.88 Å². The molecule has 0 bridgehead atoms. The molecule has 17 heavy (non-hydrogen) atoms. The average molecular weight is 236 g/mol. The Morgan fingerprint density at radius 1 is 1.53 bits per heavy atom. The van der Waals surface area contributed by atoms with Crippen LogP contribution in [0, 0.1) is 6.92 Å². The van der Waals surface area contributed by atoms with Gasteiger partial charge in [-0.15, -0.1) is 0 Å². The van der Waals surface area contributed by atoms with Gasteiger partial charge in [-0.25, -0.2) is 9.97 Å². The molecule has 1 fully saturated rings. The molecule has 0 aliphatic carbocycles. The molecule has 1 aromatic heterocycles. The summed E-state index contributed by atoms with van der Waals surface area (Å²) < 4.78 is 5.21. The first kappa shape index (κ1) is 12.1. The molecule has 5 nitrogen and oxygen atoms in total. The molecule has 94 valence electrons. The molecular formula is C12H20N4O. The monoisotopic (exact) mass is 236 g/mol. The minimum atomic E-state index is 0.570. The van der Waals surface area contributed by atoms with Gasteiger partial charge in [-0.3, -0.25) is 0 Å². The Bertz CT molecular complexity index is 377. The fourth-order valence-electron chi connectivity index (χ4n) is 2.35. The second-order valence-corrected chi connectivity index (χ2v) is 4.51. The molecule has 1 aliphatic heterocycles. The average Bonchev–Trinajstić information content (AvgIpc) is 2.82. The fraction of sp³-hybridized carbons (Fsp3) is 0.667. The first-order valence-corrected chi connectivity index (χ1v) is 6.02. The molecule has 0 aromatic carbocycles. The maximum absolute atomic E-state index is 5.21. The van der Waals surface area contributed by atoms with Gasteiger partial charge in [0.25, 0.3) is 0 Å². The standard InChI is InChI=1S/C12H20N4O/c1-9-11(14-8-15-12(9)17-3)16(2)7-10-5-4-6-13-10/h8,10,13H,4-7H2,1-3H3. The highest BCUT2D eigenvalue weighted by molar-refractivity contribution is 5.49. The number of methoxy groups -OCH3 is 1. The number of anilines is 1. The molecule has 1 N–H and O–H groups in total. The minimum absolute atomic E-state index is 0.570. The lowest BCUT2D eigenvalue weighted by molar-refractivity contribution is 0.393. The summed E-state index contributed by atoms with van der Waals surface area (Å²) in [7, 11) is 3.70. The molecule has 1 unspecified atom stereocenters. The third kappa shape index (κ3) is 2.66. The molecule has 1 aromatic rings. The van der Waals surface area contributed by atoms with Gasteiger partial charge in [0.2, 0.25) is 5.88 Å². The van der Waals surface area contributed by atoms with Crippen molar-refractivity contribution in [3.63, 3.8) is 0 Å². The van der Waals surface area contributed by atoms with Crippen molar-refractivity contribution in [3.05, 3.63) is 11.9 Å². The zero-order chi connectivity index (χ0) is 12.3. The van der Waals surface area contributed by atoms with Crippen molar-refractivity contribution in [2.75, 3.05) is 32.1 Å². The Hall–Kier alpha value is -1.36. The summed E-state index contributed by atoms with van der Waals surface area (Å²) >= 11 is 0. The summed E-state index contributed by atoms with van der Waals surface area (Å²) in [6.07, 6.45) is 4.07. The van der Waals surface area contributed by atoms with Crippen molar-refractivity contribution < 1.29 is 4.74 Å². The van der Waals surface area contributed by atoms with Gasteiger partial charge in [0, 0.05) is 19.6 Å². The number of hydrogen-bond donors (Lipinski definition) is 1. The molecular weight excluding hydrogens is 216 g/mol. The summed E-state index contributed by atoms with van der Waals surface area (Å²) in [6.45, 7) is 4.10. The highest BCUT2D eigenvalue weighted by atomic mass is 16.5. The van der Waals surface area contributed by atoms with Crippen LogP contribution in [-0.4, -0.2) is 43.3 Å². The lowest BCUT2D eigenvalue weighted by Gasteiger charge is -2.23. The molecule has 1 atom stereocenters. The molecule has 5 heteroatoms. The zero-order valence-corrected chi connectivity index (χ0v) is 10.7. The van der Waals surface area contributed by atoms with Crippen molar-refractivity contribution in [1.82, 2.24) is 15.3 Å². The van der Waals surface area contributed by atoms with Gasteiger partial charge in [-0.2, -0.15) is 0 Å². The van der Waals surface area contributed by atoms with Gasteiger partial charge in [-0.05, 0) is 26.3 Å². The van der Waals surface area contributed by atoms with E-state index in [0.29, 0.717) is 11.9 Å². The maximum atomic E-state index is 5.21. The topological polar surface area (TPSA) is 50.3 Å². The SMILES string of the molecule is COc1ncnc(N(C)CC2CCCN2)c1C. The van der Waals surface area contributed by atoms with E-state index >= 15 is 0 Å². The van der Waals surface area contributed by atoms with E-state index in [-0.39, 0.29) is 0 Å². The first-order valence-electron chi connectivity index (χ1n) is 6.02. The van der Waals surface area contributed by atoms with E-state index in [1.54, 1.807) is 13.4 Å². The van der Waals surface area contributed by atoms with Crippen LogP contribution in [0.2, 0.25) is 0 Å². The second-order valence-electron chi connectivity index (χ2n) is 4.51. The van der Waals surface area contributed by atoms with E-state index in [9.17, 15) is 0 Å². The van der Waals surface area contributed by atoms with Gasteiger partial charge in [0.05, 0.1) is 12.7 Å². The van der Waals surface area contributed by atoms with Gasteiger partial charge < -0.3 is 15.0 Å². The second kappa shape index (κ2) is 5.31. The van der Waals surface area contributed by atoms with Gasteiger partial charge in [0.1, 0.15) is 12.1 Å². The van der Waals surface area contributed by atoms with Crippen molar-refractivity contribution in [2.24, 2.45) is 0 Å². The smallest absolute Gasteiger partial charge is 0.221 e. The molecule has 0 radical (unpaired) electrons. The van der Waals surface area contributed by atoms with Crippen LogP contribution in [0.25, 0.3) is 0 Å². The predicted octanol–water partition coefficient (Wildman–Crippen LogP) is 0.982. The van der Waals surface area contributed by atoms with E-state index in [1.165, 1.54) is 12.8 Å². The summed E-state index contributed by atoms with van der Waals surface area (Å²) in [5.74, 6) is 1.60. The molecule has 1 aliphatic rings. The van der Waals surface area contributed by atoms with Crippen LogP contribution in [0.4, 0.5) is 5.82 Å². The fourth-order valence-corrected chi connectivity index (χ4v) is 2.35. The number of likely N-dealkylation sites (N-methyl/N-ethyl adjacent to an activating group) is 1. The quantitative estimate of drug-likeness (QED) is 0.844. The third-order valence-electron chi connectivity index (χ3n) is 3.22. The van der Waals surface area contributed by atoms with Crippen LogP contribution < -0.4 is 15.0 Å². The van der Waals surface area contributed by atoms with Crippen LogP contribution in [-0.2, 0) is 0 Å². The molecule has 1 saturated heterocycles. The zero-order valence-electron chi connectivity index (χ0n) is 10.7. The Labute approximate surface area is 102 Å². The van der Waals surface area contributed by atoms with E-state index < -0.39 is 0 Å². The normalized spacial score (nSPS) is 19.4. The number of nitrogens with zero attached hydrogens (tertiary/aromatic N) is 3. The highest BCUT2D eigenvalue weighted by Crippen LogP contribution is 2.23. The van der Waals surface area contributed by atoms with E-state index in [1.807, 2.05) is 6.92 Å². The van der Waals surface area contributed by atoms with E-state index in [4.69, 9.17) is 4.74 Å². The van der Waals surface area contributed by atoms with Crippen molar-refractivity contribution in [1.29, 1.82) is 0 Å². The summed E-state index contributed by atoms with van der Waals surface area (Å²) in [5, 5.41) is 3.49. The third-order valence-corrected chi connectivity index (χ3v) is 3.22. The minimum Gasteiger partial charge on any atom is -0.481 e. The van der Waals surface area contributed by atoms with Crippen molar-refractivity contribution >= 4 is 5.82 Å². The van der Waals surface area contributed by atoms with Crippen LogP contribution >= 0.6 is 0 Å². The molecule has 0 amide bonds. The van der Waals surface area contributed by atoms with Crippen molar-refractivity contribution in [2.45, 2.75) is 25.8 Å². The predicted molar refractivity (Wildman–Crippen MR) is 67.6 cm³/mol. The molecule has 2 heterocycles. The Morgan fingerprint density at radius 3 is 3.00 bits per heavy atom. The maximum Gasteiger partial charge on any atom is 0.221 e. The van der Waals surface area contributed by atoms with Gasteiger partial charge >= 0.3 is 0 Å². The largest absolute Gasteiger partial charge is 0.481 e. The molecule has 0 saturated carbocycles. The highest BCUT2D eigenvalue weighted by Gasteiger charge is 2.18. The summed E-state index contributed by atoms with van der Waals surface area (Å²) in [5.41, 5.74) is 0.996. The van der Waals surface area contributed by atoms with E-state index in [2.05, 4.69) is 27.2 Å². The van der Waals surface area contributed by atoms with Gasteiger partial charge in [0.15, 0.2) is 0 Å². The number of aromatic nitrogens is 2. The summed E-state index contributed by atoms with van der Waals surface area (Å²) in [6, 6.07) is 0.570. The Balaban J connectivity index is 2.09. The Kier molecular flexibility index (Phi) is 3.78. The first-order chi connectivity index (χ1) is 8.22. The number of ether oxygens (including phenoxy) is 1. The molecule has 2 rings (SSSR count). The van der Waals surface area contributed by atoms with Crippen LogP contribution in [0.1, 0.15) is 18.4 Å². The van der Waals surface area contributed by atoms with E-state index in [0.717, 1.165) is 24.5 Å². The van der Waals surface area contributed by atoms with Crippen LogP contribution in [0.15, 0.2) is 6.33 Å². The lowest BCUT2D eigenvalue weighted by atomic mass is 10.2. The van der Waals surface area contributed by atoms with Crippen LogP contribution in [0.3, 0.4) is 0 Å². The van der Waals surface area contributed by atoms with Crippen molar-refractivity contribution in [3.8, 4) is 5.88 Å². The lowest BCUT2D eigenvalue weighted by Crippen LogP contribution is -2.36. The number of rotatable bonds is 4. The number of hydrogen-bond acceptors (Lipinski definition) is 5. The number of nitrogens with one attached hydrogen (secondary N) is 1. The van der Waals surface area contributed by atoms with Gasteiger partial charge in [-0.1, -0.05) is 0 Å². The summed E-state index contributed by atoms with van der Waals surface area (Å²) in [4.78, 5) is 10.6.